The Labute approximate surface area is 122 Å². The standard InChI is InChI=1S/C13H17ClN2O4/c1-8(6-19-2)16-12(17)7-20-13(18)10-4-3-9(15)5-11(10)14/h3-5,8H,6-7,15H2,1-2H3,(H,16,17). The van der Waals surface area contributed by atoms with Gasteiger partial charge in [0.25, 0.3) is 5.91 Å². The van der Waals surface area contributed by atoms with E-state index in [1.165, 1.54) is 25.3 Å². The van der Waals surface area contributed by atoms with Gasteiger partial charge in [-0.3, -0.25) is 4.79 Å². The zero-order chi connectivity index (χ0) is 15.1. The maximum Gasteiger partial charge on any atom is 0.340 e. The van der Waals surface area contributed by atoms with Crippen molar-refractivity contribution in [2.24, 2.45) is 0 Å². The summed E-state index contributed by atoms with van der Waals surface area (Å²) in [5, 5.41) is 2.80. The molecule has 110 valence electrons. The second-order valence-corrected chi connectivity index (χ2v) is 4.65. The highest BCUT2D eigenvalue weighted by molar-refractivity contribution is 6.33. The van der Waals surface area contributed by atoms with E-state index in [0.717, 1.165) is 0 Å². The summed E-state index contributed by atoms with van der Waals surface area (Å²) in [4.78, 5) is 23.2. The van der Waals surface area contributed by atoms with Crippen LogP contribution in [0, 0.1) is 0 Å². The molecule has 0 saturated heterocycles. The normalized spacial score (nSPS) is 11.8. The number of anilines is 1. The smallest absolute Gasteiger partial charge is 0.340 e. The van der Waals surface area contributed by atoms with E-state index in [-0.39, 0.29) is 23.2 Å². The van der Waals surface area contributed by atoms with Crippen LogP contribution < -0.4 is 11.1 Å². The average Bonchev–Trinajstić information content (AvgIpc) is 2.36. The summed E-state index contributed by atoms with van der Waals surface area (Å²) >= 11 is 5.87. The largest absolute Gasteiger partial charge is 0.452 e. The predicted octanol–water partition coefficient (Wildman–Crippen LogP) is 1.23. The molecule has 1 atom stereocenters. The van der Waals surface area contributed by atoms with Gasteiger partial charge < -0.3 is 20.5 Å². The number of nitrogens with two attached hydrogens (primary N) is 1. The van der Waals surface area contributed by atoms with Crippen molar-refractivity contribution >= 4 is 29.2 Å². The van der Waals surface area contributed by atoms with Gasteiger partial charge in [-0.05, 0) is 25.1 Å². The zero-order valence-electron chi connectivity index (χ0n) is 11.3. The van der Waals surface area contributed by atoms with Crippen LogP contribution in [0.5, 0.6) is 0 Å². The predicted molar refractivity (Wildman–Crippen MR) is 75.6 cm³/mol. The lowest BCUT2D eigenvalue weighted by molar-refractivity contribution is -0.125. The van der Waals surface area contributed by atoms with Crippen LogP contribution in [0.2, 0.25) is 5.02 Å². The monoisotopic (exact) mass is 300 g/mol. The second kappa shape index (κ2) is 7.72. The summed E-state index contributed by atoms with van der Waals surface area (Å²) in [7, 11) is 1.53. The zero-order valence-corrected chi connectivity index (χ0v) is 12.1. The lowest BCUT2D eigenvalue weighted by Crippen LogP contribution is -2.38. The molecule has 0 aliphatic heterocycles. The molecule has 1 aromatic rings. The molecule has 0 aliphatic rings. The molecule has 0 aliphatic carbocycles. The number of methoxy groups -OCH3 is 1. The van der Waals surface area contributed by atoms with Crippen molar-refractivity contribution in [3.05, 3.63) is 28.8 Å². The molecule has 0 saturated carbocycles. The van der Waals surface area contributed by atoms with Crippen molar-refractivity contribution in [2.45, 2.75) is 13.0 Å². The van der Waals surface area contributed by atoms with E-state index in [4.69, 9.17) is 26.8 Å². The Balaban J connectivity index is 2.49. The molecule has 3 N–H and O–H groups in total. The molecular weight excluding hydrogens is 284 g/mol. The highest BCUT2D eigenvalue weighted by Gasteiger charge is 2.14. The van der Waals surface area contributed by atoms with Gasteiger partial charge in [0, 0.05) is 18.8 Å². The van der Waals surface area contributed by atoms with Crippen LogP contribution >= 0.6 is 11.6 Å². The summed E-state index contributed by atoms with van der Waals surface area (Å²) in [6, 6.07) is 4.26. The molecule has 0 bridgehead atoms. The highest BCUT2D eigenvalue weighted by atomic mass is 35.5. The van der Waals surface area contributed by atoms with E-state index in [1.807, 2.05) is 0 Å². The molecule has 6 nitrogen and oxygen atoms in total. The topological polar surface area (TPSA) is 90.6 Å². The lowest BCUT2D eigenvalue weighted by atomic mass is 10.2. The third-order valence-electron chi connectivity index (χ3n) is 2.37. The molecule has 0 aromatic heterocycles. The summed E-state index contributed by atoms with van der Waals surface area (Å²) in [5.41, 5.74) is 6.13. The molecule has 0 radical (unpaired) electrons. The van der Waals surface area contributed by atoms with Crippen LogP contribution in [0.3, 0.4) is 0 Å². The Hall–Kier alpha value is -1.79. The van der Waals surface area contributed by atoms with Crippen molar-refractivity contribution in [1.82, 2.24) is 5.32 Å². The number of carbonyl (C=O) groups is 2. The number of nitrogens with one attached hydrogen (secondary N) is 1. The van der Waals surface area contributed by atoms with Gasteiger partial charge in [0.05, 0.1) is 17.2 Å². The summed E-state index contributed by atoms with van der Waals surface area (Å²) in [5.74, 6) is -1.08. The molecule has 7 heteroatoms. The third-order valence-corrected chi connectivity index (χ3v) is 2.68. The van der Waals surface area contributed by atoms with Crippen LogP contribution in [-0.4, -0.2) is 38.2 Å². The number of hydrogen-bond donors (Lipinski definition) is 2. The van der Waals surface area contributed by atoms with Crippen molar-refractivity contribution in [2.75, 3.05) is 26.1 Å². The van der Waals surface area contributed by atoms with E-state index in [2.05, 4.69) is 5.32 Å². The molecule has 0 fully saturated rings. The van der Waals surface area contributed by atoms with E-state index in [9.17, 15) is 9.59 Å². The summed E-state index contributed by atoms with van der Waals surface area (Å²) in [6.45, 7) is 1.77. The first-order valence-corrected chi connectivity index (χ1v) is 6.32. The molecule has 1 unspecified atom stereocenters. The number of esters is 1. The Morgan fingerprint density at radius 2 is 2.15 bits per heavy atom. The van der Waals surface area contributed by atoms with E-state index >= 15 is 0 Å². The molecule has 20 heavy (non-hydrogen) atoms. The van der Waals surface area contributed by atoms with Gasteiger partial charge in [-0.15, -0.1) is 0 Å². The maximum atomic E-state index is 11.7. The van der Waals surface area contributed by atoms with Crippen molar-refractivity contribution in [1.29, 1.82) is 0 Å². The number of benzene rings is 1. The average molecular weight is 301 g/mol. The second-order valence-electron chi connectivity index (χ2n) is 4.24. The highest BCUT2D eigenvalue weighted by Crippen LogP contribution is 2.19. The minimum atomic E-state index is -0.676. The molecule has 1 rings (SSSR count). The Kier molecular flexibility index (Phi) is 6.27. The van der Waals surface area contributed by atoms with Crippen LogP contribution in [-0.2, 0) is 14.3 Å². The van der Waals surface area contributed by atoms with E-state index in [1.54, 1.807) is 6.92 Å². The first-order chi connectivity index (χ1) is 9.43. The number of ether oxygens (including phenoxy) is 2. The van der Waals surface area contributed by atoms with Gasteiger partial charge in [-0.2, -0.15) is 0 Å². The van der Waals surface area contributed by atoms with Gasteiger partial charge in [-0.25, -0.2) is 4.79 Å². The fourth-order valence-corrected chi connectivity index (χ4v) is 1.78. The van der Waals surface area contributed by atoms with E-state index < -0.39 is 11.9 Å². The number of amides is 1. The molecular formula is C13H17ClN2O4. The Morgan fingerprint density at radius 3 is 2.75 bits per heavy atom. The van der Waals surface area contributed by atoms with Gasteiger partial charge in [-0.1, -0.05) is 11.6 Å². The number of carbonyl (C=O) groups excluding carboxylic acids is 2. The first kappa shape index (κ1) is 16.3. The van der Waals surface area contributed by atoms with Crippen molar-refractivity contribution in [3.63, 3.8) is 0 Å². The summed E-state index contributed by atoms with van der Waals surface area (Å²) in [6.07, 6.45) is 0. The SMILES string of the molecule is COCC(C)NC(=O)COC(=O)c1ccc(N)cc1Cl. The van der Waals surface area contributed by atoms with Gasteiger partial charge in [0.1, 0.15) is 0 Å². The van der Waals surface area contributed by atoms with Gasteiger partial charge in [0.2, 0.25) is 0 Å². The molecule has 0 spiro atoms. The van der Waals surface area contributed by atoms with Crippen molar-refractivity contribution in [3.8, 4) is 0 Å². The van der Waals surface area contributed by atoms with Crippen LogP contribution in [0.15, 0.2) is 18.2 Å². The quantitative estimate of drug-likeness (QED) is 0.609. The number of hydrogen-bond acceptors (Lipinski definition) is 5. The Bertz CT molecular complexity index is 493. The van der Waals surface area contributed by atoms with Crippen LogP contribution in [0.4, 0.5) is 5.69 Å². The lowest BCUT2D eigenvalue weighted by Gasteiger charge is -2.13. The molecule has 1 amide bonds. The number of halogens is 1. The van der Waals surface area contributed by atoms with Crippen LogP contribution in [0.1, 0.15) is 17.3 Å². The fourth-order valence-electron chi connectivity index (χ4n) is 1.51. The minimum absolute atomic E-state index is 0.161. The number of rotatable bonds is 6. The first-order valence-electron chi connectivity index (χ1n) is 5.94. The summed E-state index contributed by atoms with van der Waals surface area (Å²) < 4.78 is 9.75. The van der Waals surface area contributed by atoms with Crippen LogP contribution in [0.25, 0.3) is 0 Å². The minimum Gasteiger partial charge on any atom is -0.452 e. The number of nitrogen functional groups attached to an aromatic ring is 1. The molecule has 1 aromatic carbocycles. The molecule has 0 heterocycles. The van der Waals surface area contributed by atoms with Gasteiger partial charge >= 0.3 is 5.97 Å². The Morgan fingerprint density at radius 1 is 1.45 bits per heavy atom. The van der Waals surface area contributed by atoms with Crippen molar-refractivity contribution < 1.29 is 19.1 Å². The fraction of sp³-hybridized carbons (Fsp3) is 0.385. The third kappa shape index (κ3) is 5.07. The maximum absolute atomic E-state index is 11.7. The van der Waals surface area contributed by atoms with E-state index in [0.29, 0.717) is 12.3 Å². The van der Waals surface area contributed by atoms with Gasteiger partial charge in [0.15, 0.2) is 6.61 Å².